The van der Waals surface area contributed by atoms with Crippen molar-refractivity contribution < 1.29 is 30.3 Å². The number of hydrogen-bond acceptors (Lipinski definition) is 5. The van der Waals surface area contributed by atoms with Crippen LogP contribution in [0.1, 0.15) is 0 Å². The minimum absolute atomic E-state index is 0.169. The van der Waals surface area contributed by atoms with Crippen molar-refractivity contribution in [2.24, 2.45) is 3.77 Å². The number of rotatable bonds is 5. The maximum atomic E-state index is 12.6. The minimum atomic E-state index is -5.32. The molecule has 6 nitrogen and oxygen atoms in total. The zero-order chi connectivity index (χ0) is 18.1. The van der Waals surface area contributed by atoms with Gasteiger partial charge in [-0.15, -0.1) is 0 Å². The molecule has 0 radical (unpaired) electrons. The van der Waals surface area contributed by atoms with Crippen LogP contribution in [0.5, 0.6) is 0 Å². The summed E-state index contributed by atoms with van der Waals surface area (Å²) in [6.45, 7) is 0. The summed E-state index contributed by atoms with van der Waals surface area (Å²) in [6, 6.07) is 8.82. The SMILES string of the molecule is CN(C)c1cccc2c(S(=O)(=O)N=S(=O)(OF)C(F)F)cccc12. The molecule has 0 saturated heterocycles. The molecule has 0 N–H and O–H groups in total. The van der Waals surface area contributed by atoms with Gasteiger partial charge in [0.1, 0.15) is 0 Å². The van der Waals surface area contributed by atoms with Crippen LogP contribution in [0.4, 0.5) is 19.0 Å². The Morgan fingerprint density at radius 2 is 1.62 bits per heavy atom. The van der Waals surface area contributed by atoms with Gasteiger partial charge in [0.15, 0.2) is 0 Å². The Kier molecular flexibility index (Phi) is 5.06. The molecule has 0 saturated carbocycles. The Morgan fingerprint density at radius 1 is 1.04 bits per heavy atom. The maximum absolute atomic E-state index is 12.6. The van der Waals surface area contributed by atoms with Crippen LogP contribution in [0.25, 0.3) is 10.8 Å². The molecule has 0 aliphatic carbocycles. The van der Waals surface area contributed by atoms with Crippen LogP contribution in [-0.4, -0.2) is 32.5 Å². The van der Waals surface area contributed by atoms with Crippen molar-refractivity contribution in [1.29, 1.82) is 0 Å². The summed E-state index contributed by atoms with van der Waals surface area (Å²) in [5.74, 6) is -3.93. The number of anilines is 1. The van der Waals surface area contributed by atoms with Gasteiger partial charge in [0.05, 0.1) is 4.90 Å². The largest absolute Gasteiger partial charge is 0.377 e. The van der Waals surface area contributed by atoms with Crippen molar-refractivity contribution in [3.63, 3.8) is 0 Å². The normalized spacial score (nSPS) is 14.6. The van der Waals surface area contributed by atoms with Gasteiger partial charge in [-0.1, -0.05) is 32.4 Å². The van der Waals surface area contributed by atoms with Crippen LogP contribution in [0.3, 0.4) is 0 Å². The molecule has 2 aromatic rings. The van der Waals surface area contributed by atoms with Gasteiger partial charge in [-0.25, -0.2) is 4.21 Å². The van der Waals surface area contributed by atoms with Gasteiger partial charge in [0.25, 0.3) is 20.0 Å². The van der Waals surface area contributed by atoms with Gasteiger partial charge in [-0.2, -0.15) is 17.2 Å². The lowest BCUT2D eigenvalue weighted by Gasteiger charge is -2.16. The van der Waals surface area contributed by atoms with Gasteiger partial charge in [0, 0.05) is 30.6 Å². The van der Waals surface area contributed by atoms with Crippen molar-refractivity contribution >= 4 is 36.5 Å². The zero-order valence-corrected chi connectivity index (χ0v) is 14.2. The average molecular weight is 382 g/mol. The first-order valence-electron chi connectivity index (χ1n) is 6.42. The molecule has 24 heavy (non-hydrogen) atoms. The summed E-state index contributed by atoms with van der Waals surface area (Å²) in [6.07, 6.45) is 0. The first kappa shape index (κ1) is 18.5. The first-order valence-corrected chi connectivity index (χ1v) is 9.36. The summed E-state index contributed by atoms with van der Waals surface area (Å²) in [7, 11) is -6.70. The summed E-state index contributed by atoms with van der Waals surface area (Å²) < 4.78 is 78.6. The number of benzene rings is 2. The highest BCUT2D eigenvalue weighted by molar-refractivity contribution is 8.01. The maximum Gasteiger partial charge on any atom is 0.346 e. The van der Waals surface area contributed by atoms with Gasteiger partial charge >= 0.3 is 5.76 Å². The number of fused-ring (bicyclic) bond motifs is 1. The Balaban J connectivity index is 2.80. The molecule has 0 amide bonds. The molecular weight excluding hydrogens is 369 g/mol. The molecule has 0 fully saturated rings. The van der Waals surface area contributed by atoms with Gasteiger partial charge < -0.3 is 4.90 Å². The van der Waals surface area contributed by atoms with Gasteiger partial charge in [-0.3, -0.25) is 0 Å². The highest BCUT2D eigenvalue weighted by Gasteiger charge is 2.30. The highest BCUT2D eigenvalue weighted by atomic mass is 32.3. The second kappa shape index (κ2) is 6.57. The van der Waals surface area contributed by atoms with Crippen molar-refractivity contribution in [2.75, 3.05) is 19.0 Å². The third-order valence-electron chi connectivity index (χ3n) is 3.14. The molecule has 0 aromatic heterocycles. The first-order chi connectivity index (χ1) is 11.1. The van der Waals surface area contributed by atoms with E-state index >= 15 is 0 Å². The number of sulfonamides is 1. The van der Waals surface area contributed by atoms with Crippen LogP contribution in [0.15, 0.2) is 45.1 Å². The molecule has 11 heteroatoms. The van der Waals surface area contributed by atoms with Crippen LogP contribution in [0.2, 0.25) is 0 Å². The molecule has 0 spiro atoms. The molecule has 0 bridgehead atoms. The second-order valence-corrected chi connectivity index (χ2v) is 8.41. The summed E-state index contributed by atoms with van der Waals surface area (Å²) in [5.41, 5.74) is 0.667. The third kappa shape index (κ3) is 3.32. The van der Waals surface area contributed by atoms with Crippen LogP contribution in [0, 0.1) is 0 Å². The minimum Gasteiger partial charge on any atom is -0.377 e. The Hall–Kier alpha value is -1.85. The van der Waals surface area contributed by atoms with Gasteiger partial charge in [0.2, 0.25) is 0 Å². The van der Waals surface area contributed by atoms with E-state index in [1.807, 2.05) is 0 Å². The quantitative estimate of drug-likeness (QED) is 0.794. The van der Waals surface area contributed by atoms with Crippen molar-refractivity contribution in [3.8, 4) is 0 Å². The molecule has 1 atom stereocenters. The van der Waals surface area contributed by atoms with E-state index in [2.05, 4.69) is 8.16 Å². The second-order valence-electron chi connectivity index (χ2n) is 4.91. The topological polar surface area (TPSA) is 76.0 Å². The Labute approximate surface area is 137 Å². The van der Waals surface area contributed by atoms with Crippen LogP contribution < -0.4 is 4.90 Å². The van der Waals surface area contributed by atoms with E-state index in [1.165, 1.54) is 12.1 Å². The van der Waals surface area contributed by atoms with Crippen LogP contribution in [-0.2, 0) is 24.4 Å². The summed E-state index contributed by atoms with van der Waals surface area (Å²) in [5, 5.41) is 0.672. The fraction of sp³-hybridized carbons (Fsp3) is 0.231. The zero-order valence-electron chi connectivity index (χ0n) is 12.5. The lowest BCUT2D eigenvalue weighted by atomic mass is 10.1. The number of hydrogen-bond donors (Lipinski definition) is 0. The molecule has 1 unspecified atom stereocenters. The Bertz CT molecular complexity index is 984. The smallest absolute Gasteiger partial charge is 0.346 e. The Morgan fingerprint density at radius 3 is 2.17 bits per heavy atom. The third-order valence-corrected chi connectivity index (χ3v) is 6.29. The van der Waals surface area contributed by atoms with E-state index in [4.69, 9.17) is 0 Å². The monoisotopic (exact) mass is 382 g/mol. The summed E-state index contributed by atoms with van der Waals surface area (Å²) in [4.78, 5) is 1.25. The van der Waals surface area contributed by atoms with E-state index in [0.717, 1.165) is 6.07 Å². The molecule has 2 aromatic carbocycles. The molecule has 2 rings (SSSR count). The fourth-order valence-corrected chi connectivity index (χ4v) is 4.66. The van der Waals surface area contributed by atoms with E-state index < -0.39 is 30.7 Å². The van der Waals surface area contributed by atoms with Crippen molar-refractivity contribution in [3.05, 3.63) is 36.4 Å². The highest BCUT2D eigenvalue weighted by Crippen LogP contribution is 2.31. The molecule has 0 heterocycles. The predicted molar refractivity (Wildman–Crippen MR) is 84.2 cm³/mol. The molecular formula is C13H13F3N2O4S2. The lowest BCUT2D eigenvalue weighted by molar-refractivity contribution is -0.000781. The van der Waals surface area contributed by atoms with E-state index in [-0.39, 0.29) is 5.39 Å². The molecule has 0 aliphatic rings. The molecule has 132 valence electrons. The van der Waals surface area contributed by atoms with Crippen LogP contribution >= 0.6 is 0 Å². The fourth-order valence-electron chi connectivity index (χ4n) is 2.13. The van der Waals surface area contributed by atoms with Crippen molar-refractivity contribution in [1.82, 2.24) is 0 Å². The summed E-state index contributed by atoms with van der Waals surface area (Å²) >= 11 is 0. The van der Waals surface area contributed by atoms with E-state index in [0.29, 0.717) is 11.1 Å². The lowest BCUT2D eigenvalue weighted by Crippen LogP contribution is -2.14. The average Bonchev–Trinajstić information content (AvgIpc) is 2.52. The van der Waals surface area contributed by atoms with Crippen molar-refractivity contribution in [2.45, 2.75) is 10.7 Å². The predicted octanol–water partition coefficient (Wildman–Crippen LogP) is 3.10. The van der Waals surface area contributed by atoms with E-state index in [1.54, 1.807) is 37.2 Å². The standard InChI is InChI=1S/C13H13F3N2O4S2/c1-18(2)11-7-3-6-10-9(11)5-4-8-12(10)23(19,20)17-24(21,22-16)13(14)15/h3-8,13H,1-2H3. The number of nitrogens with zero attached hydrogens (tertiary/aromatic N) is 2. The molecule has 0 aliphatic heterocycles. The number of alkyl halides is 2. The van der Waals surface area contributed by atoms with E-state index in [9.17, 15) is 25.9 Å². The van der Waals surface area contributed by atoms with Gasteiger partial charge in [-0.05, 0) is 16.7 Å². The number of halogens is 3.